The maximum atomic E-state index is 8.98. The molecule has 0 bridgehead atoms. The zero-order chi connectivity index (χ0) is 81.0. The fourth-order valence-corrected chi connectivity index (χ4v) is 22.2. The topological polar surface area (TPSA) is 82.6 Å². The molecular weight excluding hydrogens is 1390 g/mol. The van der Waals surface area contributed by atoms with Crippen molar-refractivity contribution in [3.8, 4) is 101 Å². The van der Waals surface area contributed by atoms with Crippen LogP contribution in [0.1, 0.15) is 142 Å². The number of anilines is 2. The van der Waals surface area contributed by atoms with E-state index in [0.717, 1.165) is 128 Å². The Morgan fingerprint density at radius 3 is 2.00 bits per heavy atom. The molecule has 20 rings (SSSR count). The van der Waals surface area contributed by atoms with E-state index in [1.54, 1.807) is 23.5 Å². The van der Waals surface area contributed by atoms with Gasteiger partial charge in [0.1, 0.15) is 23.0 Å². The van der Waals surface area contributed by atoms with Crippen molar-refractivity contribution < 1.29 is 16.3 Å². The molecule has 0 N–H and O–H groups in total. The lowest BCUT2D eigenvalue weighted by atomic mass is 9.60. The number of hydrogen-bond acceptors (Lipinski definition) is 8. The maximum absolute atomic E-state index is 8.98. The average molecular weight is 1490 g/mol. The van der Waals surface area contributed by atoms with Gasteiger partial charge in [0.25, 0.3) is 0 Å². The van der Waals surface area contributed by atoms with Gasteiger partial charge in [0.2, 0.25) is 5.95 Å². The number of thiazole rings is 1. The van der Waals surface area contributed by atoms with Crippen molar-refractivity contribution in [3.63, 3.8) is 0 Å². The number of benzene rings is 10. The van der Waals surface area contributed by atoms with Crippen LogP contribution in [0.2, 0.25) is 13.1 Å². The molecule has 3 aliphatic heterocycles. The number of hydrogen-bond donors (Lipinski definition) is 0. The zero-order valence-electron chi connectivity index (χ0n) is 70.7. The van der Waals surface area contributed by atoms with E-state index in [1.165, 1.54) is 44.6 Å². The Bertz CT molecular complexity index is 6710. The number of aryl methyl sites for hydroxylation is 2. The first-order valence-electron chi connectivity index (χ1n) is 41.3. The van der Waals surface area contributed by atoms with Crippen LogP contribution in [-0.2, 0) is 33.1 Å². The highest BCUT2D eigenvalue weighted by Gasteiger charge is 2.49. The molecule has 2 aliphatic carbocycles. The van der Waals surface area contributed by atoms with Gasteiger partial charge in [0, 0.05) is 69.1 Å². The van der Waals surface area contributed by atoms with Crippen LogP contribution in [-0.4, -0.2) is 43.0 Å². The summed E-state index contributed by atoms with van der Waals surface area (Å²) in [5, 5.41) is 1.29. The zero-order valence-corrected chi connectivity index (χ0v) is 67.5. The van der Waals surface area contributed by atoms with Crippen LogP contribution >= 0.6 is 11.3 Å². The predicted molar refractivity (Wildman–Crippen MR) is 465 cm³/mol. The second-order valence-corrected chi connectivity index (χ2v) is 40.9. The first kappa shape index (κ1) is 64.6. The van der Waals surface area contributed by atoms with Gasteiger partial charge in [-0.1, -0.05) is 266 Å². The van der Waals surface area contributed by atoms with Crippen LogP contribution in [0.3, 0.4) is 0 Å². The Morgan fingerprint density at radius 1 is 0.532 bits per heavy atom. The molecule has 5 aliphatic rings. The van der Waals surface area contributed by atoms with Crippen molar-refractivity contribution in [2.75, 3.05) is 4.90 Å². The molecule has 550 valence electrons. The molecule has 0 saturated carbocycles. The van der Waals surface area contributed by atoms with Crippen molar-refractivity contribution in [2.24, 2.45) is 0 Å². The number of imidazole rings is 2. The van der Waals surface area contributed by atoms with Crippen LogP contribution < -0.4 is 19.6 Å². The van der Waals surface area contributed by atoms with Gasteiger partial charge in [0.15, 0.2) is 4.96 Å². The summed E-state index contributed by atoms with van der Waals surface area (Å²) in [5.41, 5.74) is 24.9. The largest absolute Gasteiger partial charge is 0.457 e. The number of aromatic nitrogens is 6. The third-order valence-electron chi connectivity index (χ3n) is 25.6. The van der Waals surface area contributed by atoms with Crippen LogP contribution in [0.15, 0.2) is 249 Å². The summed E-state index contributed by atoms with van der Waals surface area (Å²) in [5.74, 6) is 3.79. The second kappa shape index (κ2) is 25.1. The number of rotatable bonds is 5. The molecular formula is C100H93N7O2SSi. The Balaban J connectivity index is 0.000000163. The van der Waals surface area contributed by atoms with Crippen molar-refractivity contribution in [1.82, 2.24) is 28.9 Å². The van der Waals surface area contributed by atoms with Gasteiger partial charge in [-0.2, -0.15) is 0 Å². The van der Waals surface area contributed by atoms with E-state index in [2.05, 4.69) is 304 Å². The van der Waals surface area contributed by atoms with E-state index in [1.807, 2.05) is 42.6 Å². The fraction of sp³-hybridized carbons (Fsp3) is 0.240. The van der Waals surface area contributed by atoms with Crippen molar-refractivity contribution in [2.45, 2.75) is 155 Å². The predicted octanol–water partition coefficient (Wildman–Crippen LogP) is 26.1. The van der Waals surface area contributed by atoms with E-state index in [4.69, 9.17) is 36.3 Å². The van der Waals surface area contributed by atoms with Gasteiger partial charge in [0.05, 0.1) is 63.8 Å². The number of nitrogens with zero attached hydrogens (tertiary/aromatic N) is 7. The minimum absolute atomic E-state index is 0.0235. The van der Waals surface area contributed by atoms with Crippen molar-refractivity contribution in [3.05, 3.63) is 288 Å². The van der Waals surface area contributed by atoms with Gasteiger partial charge < -0.3 is 18.9 Å². The van der Waals surface area contributed by atoms with E-state index in [9.17, 15) is 0 Å². The smallest absolute Gasteiger partial charge is 0.212 e. The van der Waals surface area contributed by atoms with Crippen LogP contribution in [0.4, 0.5) is 11.6 Å². The molecule has 5 aromatic heterocycles. The number of pyridine rings is 2. The summed E-state index contributed by atoms with van der Waals surface area (Å²) < 4.78 is 63.6. The summed E-state index contributed by atoms with van der Waals surface area (Å²) in [7, 11) is -2.12. The van der Waals surface area contributed by atoms with Gasteiger partial charge >= 0.3 is 0 Å². The normalized spacial score (nSPS) is 17.9. The summed E-state index contributed by atoms with van der Waals surface area (Å²) >= 11 is 1.75. The Morgan fingerprint density at radius 2 is 1.20 bits per heavy atom. The Labute approximate surface area is 663 Å². The minimum atomic E-state index is -2.50. The first-order valence-corrected chi connectivity index (χ1v) is 42.6. The molecule has 10 aromatic carbocycles. The molecule has 0 radical (unpaired) electrons. The summed E-state index contributed by atoms with van der Waals surface area (Å²) in [4.78, 5) is 24.4. The van der Waals surface area contributed by atoms with Gasteiger partial charge in [-0.25, -0.2) is 9.97 Å². The lowest BCUT2D eigenvalue weighted by Gasteiger charge is -2.41. The lowest BCUT2D eigenvalue weighted by Crippen LogP contribution is -2.56. The lowest BCUT2D eigenvalue weighted by molar-refractivity contribution is 0.306. The minimum Gasteiger partial charge on any atom is -0.457 e. The van der Waals surface area contributed by atoms with E-state index in [-0.39, 0.29) is 33.5 Å². The number of ether oxygens (including phenoxy) is 2. The van der Waals surface area contributed by atoms with Crippen molar-refractivity contribution >= 4 is 73.5 Å². The fourth-order valence-electron chi connectivity index (χ4n) is 18.4. The van der Waals surface area contributed by atoms with Crippen LogP contribution in [0.25, 0.3) is 115 Å². The third kappa shape index (κ3) is 10.6. The average Bonchev–Trinajstić information content (AvgIpc) is 1.28. The number of allylic oxidation sites excluding steroid dienone is 2. The molecule has 9 nitrogen and oxygen atoms in total. The standard InChI is InChI=1S/C57H48N4O.C43H45N3OSSi/c1-7-35-22-27-46-53(30-35)62-52-29-34(2)43(33-47(52)57(5,6)56(46,3)4)36-23-25-40-44(31-36)38-15-8-9-16-41(38)54-42(17-14-28-58-54)39-26-24-37(32-45(39)40)60-50-20-12-13-21-51(50)61-49-19-11-10-18-48(49)59-55(60)61;1-41(2,3)29-25-44-38(27-18-16-24-34-39(27)47-32-22-13-11-19-28(32)43(7,8)49(34,9)10)36(42(4,5)6)35(29)26-17-15-21-31-37(26)45-40-46(31)30-20-12-14-23-33(30)48-40/h8-33,50-51H,7H2,1-6H3;11-25H,1-10H3/i2D3,7D2;. The molecule has 0 saturated heterocycles. The molecule has 11 heteroatoms. The highest BCUT2D eigenvalue weighted by molar-refractivity contribution is 7.23. The maximum Gasteiger partial charge on any atom is 0.212 e. The molecule has 8 heterocycles. The summed E-state index contributed by atoms with van der Waals surface area (Å²) in [6.45, 7) is 31.4. The molecule has 0 amide bonds. The Hall–Kier alpha value is -11.2. The SMILES string of the molecule is CC(C)(C)c1cnc(-c2cccc3c2Oc2ccccc2C(C)(C)[Si]3(C)C)c(C(C)(C)C)c1-c1cccc2c1nc1sc3ccccc3n12.[2H]C([2H])([2H])c1cc2c(cc1-c1ccc3c(c1)-c1ccccc1-c1ncccc1-c1ccc(N4c5nc6ccccc6n5C5C=CC=CC54)cc1-3)C(C)(C)C(C)(C)c1ccc(C([2H])([2H])C)cc1O2. The Kier molecular flexibility index (Phi) is 14.6. The highest BCUT2D eigenvalue weighted by atomic mass is 32.1. The first-order chi connectivity index (χ1) is 55.1. The van der Waals surface area contributed by atoms with Crippen LogP contribution in [0.5, 0.6) is 23.0 Å². The summed E-state index contributed by atoms with van der Waals surface area (Å²) in [6.07, 6.45) is 11.2. The third-order valence-corrected chi connectivity index (χ3v) is 31.8. The monoisotopic (exact) mass is 1490 g/mol. The van der Waals surface area contributed by atoms with E-state index in [0.29, 0.717) is 22.6 Å². The molecule has 2 atom stereocenters. The molecule has 0 spiro atoms. The quantitative estimate of drug-likeness (QED) is 0.159. The molecule has 111 heavy (non-hydrogen) atoms. The second-order valence-electron chi connectivity index (χ2n) is 34.8. The van der Waals surface area contributed by atoms with Gasteiger partial charge in [-0.15, -0.1) is 0 Å². The molecule has 2 unspecified atom stereocenters. The number of para-hydroxylation sites is 6. The number of fused-ring (bicyclic) bond motifs is 22. The van der Waals surface area contributed by atoms with E-state index >= 15 is 0 Å². The molecule has 15 aromatic rings. The van der Waals surface area contributed by atoms with Crippen molar-refractivity contribution in [1.29, 1.82) is 0 Å². The summed E-state index contributed by atoms with van der Waals surface area (Å²) in [6, 6.07) is 74.0. The van der Waals surface area contributed by atoms with Crippen LogP contribution in [0, 0.1) is 6.85 Å². The van der Waals surface area contributed by atoms with Gasteiger partial charge in [-0.05, 0) is 192 Å². The van der Waals surface area contributed by atoms with E-state index < -0.39 is 32.1 Å². The highest BCUT2D eigenvalue weighted by Crippen LogP contribution is 2.58. The molecule has 0 fully saturated rings. The van der Waals surface area contributed by atoms with Gasteiger partial charge in [-0.3, -0.25) is 14.4 Å².